The van der Waals surface area contributed by atoms with Crippen LogP contribution in [0.5, 0.6) is 11.5 Å². The van der Waals surface area contributed by atoms with Crippen molar-refractivity contribution in [3.05, 3.63) is 60.2 Å². The Morgan fingerprint density at radius 2 is 1.79 bits per heavy atom. The van der Waals surface area contributed by atoms with Gasteiger partial charge in [-0.2, -0.15) is 0 Å². The maximum Gasteiger partial charge on any atom is 0.237 e. The molecule has 176 valence electrons. The Morgan fingerprint density at radius 1 is 1.09 bits per heavy atom. The van der Waals surface area contributed by atoms with Crippen LogP contribution in [0.1, 0.15) is 25.7 Å². The average molecular weight is 475 g/mol. The van der Waals surface area contributed by atoms with E-state index in [-0.39, 0.29) is 24.3 Å². The molecule has 0 aliphatic heterocycles. The number of thioether (sulfide) groups is 1. The van der Waals surface area contributed by atoms with E-state index in [4.69, 9.17) is 14.2 Å². The molecule has 10 heteroatoms. The summed E-state index contributed by atoms with van der Waals surface area (Å²) < 4.78 is 32.0. The van der Waals surface area contributed by atoms with E-state index in [1.54, 1.807) is 51.5 Å². The number of aromatic nitrogens is 3. The number of methoxy groups -OCH3 is 2. The molecule has 8 nitrogen and oxygen atoms in total. The van der Waals surface area contributed by atoms with Gasteiger partial charge in [0, 0.05) is 7.11 Å². The van der Waals surface area contributed by atoms with Gasteiger partial charge in [-0.15, -0.1) is 10.2 Å². The van der Waals surface area contributed by atoms with Crippen LogP contribution in [-0.2, 0) is 16.1 Å². The van der Waals surface area contributed by atoms with Crippen molar-refractivity contribution in [1.29, 1.82) is 0 Å². The molecule has 1 heterocycles. The standard InChI is InChI=1S/C23H27FN4O4S/c1-15(13-30-3)28-21(14-32-19-11-7-5-9-17(19)24)26-27-23(28)33-16(2)22(29)25-18-10-6-8-12-20(18)31-4/h5-12,15-16H,13-14H2,1-4H3,(H,25,29)/t15-,16+/m1/s1. The summed E-state index contributed by atoms with van der Waals surface area (Å²) in [6.07, 6.45) is 0. The van der Waals surface area contributed by atoms with Crippen LogP contribution in [0.15, 0.2) is 53.7 Å². The number of carbonyl (C=O) groups excluding carboxylic acids is 1. The zero-order valence-electron chi connectivity index (χ0n) is 18.9. The van der Waals surface area contributed by atoms with Crippen LogP contribution < -0.4 is 14.8 Å². The van der Waals surface area contributed by atoms with Crippen LogP contribution >= 0.6 is 11.8 Å². The summed E-state index contributed by atoms with van der Waals surface area (Å²) in [5.41, 5.74) is 0.589. The van der Waals surface area contributed by atoms with E-state index in [2.05, 4.69) is 15.5 Å². The molecule has 0 aliphatic carbocycles. The van der Waals surface area contributed by atoms with Gasteiger partial charge in [0.15, 0.2) is 22.5 Å². The highest BCUT2D eigenvalue weighted by molar-refractivity contribution is 8.00. The first-order valence-electron chi connectivity index (χ1n) is 10.3. The number of para-hydroxylation sites is 3. The molecule has 2 aromatic carbocycles. The minimum atomic E-state index is -0.479. The first-order valence-corrected chi connectivity index (χ1v) is 11.2. The lowest BCUT2D eigenvalue weighted by Gasteiger charge is -2.19. The topological polar surface area (TPSA) is 87.5 Å². The number of ether oxygens (including phenoxy) is 3. The van der Waals surface area contributed by atoms with Gasteiger partial charge < -0.3 is 19.5 Å². The lowest BCUT2D eigenvalue weighted by Crippen LogP contribution is -2.24. The van der Waals surface area contributed by atoms with Gasteiger partial charge in [0.05, 0.1) is 30.7 Å². The van der Waals surface area contributed by atoms with Crippen LogP contribution in [0.25, 0.3) is 0 Å². The molecular formula is C23H27FN4O4S. The lowest BCUT2D eigenvalue weighted by molar-refractivity contribution is -0.115. The van der Waals surface area contributed by atoms with Crippen molar-refractivity contribution < 1.29 is 23.4 Å². The van der Waals surface area contributed by atoms with E-state index in [9.17, 15) is 9.18 Å². The molecule has 1 N–H and O–H groups in total. The second-order valence-electron chi connectivity index (χ2n) is 7.24. The van der Waals surface area contributed by atoms with Gasteiger partial charge in [0.2, 0.25) is 5.91 Å². The number of amides is 1. The minimum Gasteiger partial charge on any atom is -0.495 e. The summed E-state index contributed by atoms with van der Waals surface area (Å²) in [6, 6.07) is 13.2. The van der Waals surface area contributed by atoms with Gasteiger partial charge in [-0.3, -0.25) is 9.36 Å². The molecule has 3 aromatic rings. The maximum absolute atomic E-state index is 13.9. The Bertz CT molecular complexity index is 1080. The number of halogens is 1. The summed E-state index contributed by atoms with van der Waals surface area (Å²) in [7, 11) is 3.15. The van der Waals surface area contributed by atoms with Crippen LogP contribution in [0.3, 0.4) is 0 Å². The molecule has 0 saturated heterocycles. The van der Waals surface area contributed by atoms with Crippen molar-refractivity contribution in [2.24, 2.45) is 0 Å². The van der Waals surface area contributed by atoms with Gasteiger partial charge >= 0.3 is 0 Å². The number of carbonyl (C=O) groups is 1. The van der Waals surface area contributed by atoms with Crippen molar-refractivity contribution in [3.8, 4) is 11.5 Å². The molecule has 0 bridgehead atoms. The number of hydrogen-bond acceptors (Lipinski definition) is 7. The van der Waals surface area contributed by atoms with E-state index in [0.29, 0.717) is 29.0 Å². The maximum atomic E-state index is 13.9. The van der Waals surface area contributed by atoms with Gasteiger partial charge in [-0.05, 0) is 38.1 Å². The second-order valence-corrected chi connectivity index (χ2v) is 8.55. The average Bonchev–Trinajstić information content (AvgIpc) is 3.21. The first-order chi connectivity index (χ1) is 15.9. The number of benzene rings is 2. The Hall–Kier alpha value is -3.11. The zero-order chi connectivity index (χ0) is 23.8. The minimum absolute atomic E-state index is 0.0182. The van der Waals surface area contributed by atoms with E-state index in [1.807, 2.05) is 23.6 Å². The molecule has 0 spiro atoms. The third kappa shape index (κ3) is 6.23. The SMILES string of the molecule is COC[C@@H](C)n1c(COc2ccccc2F)nnc1S[C@@H](C)C(=O)Nc1ccccc1OC. The van der Waals surface area contributed by atoms with E-state index >= 15 is 0 Å². The molecule has 0 radical (unpaired) electrons. The van der Waals surface area contributed by atoms with E-state index < -0.39 is 11.1 Å². The summed E-state index contributed by atoms with van der Waals surface area (Å²) >= 11 is 1.26. The highest BCUT2D eigenvalue weighted by Crippen LogP contribution is 2.29. The normalized spacial score (nSPS) is 12.8. The van der Waals surface area contributed by atoms with Crippen molar-refractivity contribution in [2.45, 2.75) is 36.9 Å². The molecule has 0 saturated carbocycles. The predicted molar refractivity (Wildman–Crippen MR) is 124 cm³/mol. The number of rotatable bonds is 11. The van der Waals surface area contributed by atoms with Crippen LogP contribution in [0.2, 0.25) is 0 Å². The Balaban J connectivity index is 1.75. The van der Waals surface area contributed by atoms with Gasteiger partial charge in [0.25, 0.3) is 0 Å². The summed E-state index contributed by atoms with van der Waals surface area (Å²) in [5.74, 6) is 0.549. The summed E-state index contributed by atoms with van der Waals surface area (Å²) in [6.45, 7) is 4.15. The fourth-order valence-electron chi connectivity index (χ4n) is 3.14. The molecular weight excluding hydrogens is 447 g/mol. The van der Waals surface area contributed by atoms with E-state index in [1.165, 1.54) is 17.8 Å². The van der Waals surface area contributed by atoms with Crippen molar-refractivity contribution >= 4 is 23.4 Å². The van der Waals surface area contributed by atoms with Gasteiger partial charge in [-0.1, -0.05) is 36.0 Å². The zero-order valence-corrected chi connectivity index (χ0v) is 19.8. The molecule has 2 atom stereocenters. The monoisotopic (exact) mass is 474 g/mol. The van der Waals surface area contributed by atoms with Crippen molar-refractivity contribution in [1.82, 2.24) is 14.8 Å². The largest absolute Gasteiger partial charge is 0.495 e. The molecule has 0 unspecified atom stereocenters. The highest BCUT2D eigenvalue weighted by Gasteiger charge is 2.24. The summed E-state index contributed by atoms with van der Waals surface area (Å²) in [4.78, 5) is 12.8. The molecule has 1 aromatic heterocycles. The fourth-order valence-corrected chi connectivity index (χ4v) is 4.11. The fraction of sp³-hybridized carbons (Fsp3) is 0.348. The molecule has 3 rings (SSSR count). The first kappa shape index (κ1) is 24.5. The van der Waals surface area contributed by atoms with Crippen LogP contribution in [0.4, 0.5) is 10.1 Å². The quantitative estimate of drug-likeness (QED) is 0.414. The van der Waals surface area contributed by atoms with E-state index in [0.717, 1.165) is 0 Å². The van der Waals surface area contributed by atoms with Crippen molar-refractivity contribution in [3.63, 3.8) is 0 Å². The number of anilines is 1. The number of hydrogen-bond donors (Lipinski definition) is 1. The molecule has 0 fully saturated rings. The summed E-state index contributed by atoms with van der Waals surface area (Å²) in [5, 5.41) is 11.4. The predicted octanol–water partition coefficient (Wildman–Crippen LogP) is 4.33. The van der Waals surface area contributed by atoms with Crippen LogP contribution in [-0.4, -0.2) is 46.7 Å². The van der Waals surface area contributed by atoms with Crippen LogP contribution in [0, 0.1) is 5.82 Å². The Morgan fingerprint density at radius 3 is 2.48 bits per heavy atom. The second kappa shape index (κ2) is 11.7. The number of nitrogens with one attached hydrogen (secondary N) is 1. The van der Waals surface area contributed by atoms with Gasteiger partial charge in [0.1, 0.15) is 12.4 Å². The number of nitrogens with zero attached hydrogens (tertiary/aromatic N) is 3. The molecule has 1 amide bonds. The third-order valence-corrected chi connectivity index (χ3v) is 5.85. The highest BCUT2D eigenvalue weighted by atomic mass is 32.2. The third-order valence-electron chi connectivity index (χ3n) is 4.79. The molecule has 0 aliphatic rings. The Kier molecular flexibility index (Phi) is 8.67. The van der Waals surface area contributed by atoms with Gasteiger partial charge in [-0.25, -0.2) is 4.39 Å². The van der Waals surface area contributed by atoms with Crippen molar-refractivity contribution in [2.75, 3.05) is 26.1 Å². The Labute approximate surface area is 196 Å². The smallest absolute Gasteiger partial charge is 0.237 e. The molecule has 33 heavy (non-hydrogen) atoms. The lowest BCUT2D eigenvalue weighted by atomic mass is 10.3.